The zero-order valence-electron chi connectivity index (χ0n) is 16.8. The molecule has 4 rings (SSSR count). The molecule has 2 aliphatic rings. The highest BCUT2D eigenvalue weighted by atomic mass is 19.3. The number of rotatable bonds is 7. The van der Waals surface area contributed by atoms with Crippen LogP contribution in [0.3, 0.4) is 0 Å². The SMILES string of the molecule is Cc1cccc(OCCCN2CCCC([C@@H]3C[C@H](C(F)F)n4ncnc4N3)C2)c1. The molecule has 1 aromatic heterocycles. The van der Waals surface area contributed by atoms with Crippen molar-refractivity contribution in [3.8, 4) is 5.75 Å². The summed E-state index contributed by atoms with van der Waals surface area (Å²) in [6.45, 7) is 5.68. The van der Waals surface area contributed by atoms with Gasteiger partial charge in [-0.15, -0.1) is 0 Å². The summed E-state index contributed by atoms with van der Waals surface area (Å²) in [6.07, 6.45) is 2.40. The van der Waals surface area contributed by atoms with Crippen LogP contribution >= 0.6 is 0 Å². The first-order valence-corrected chi connectivity index (χ1v) is 10.5. The Balaban J connectivity index is 1.27. The molecule has 29 heavy (non-hydrogen) atoms. The first kappa shape index (κ1) is 20.1. The number of hydrogen-bond acceptors (Lipinski definition) is 5. The number of piperidine rings is 1. The summed E-state index contributed by atoms with van der Waals surface area (Å²) in [5.74, 6) is 1.72. The van der Waals surface area contributed by atoms with E-state index in [-0.39, 0.29) is 6.04 Å². The molecule has 1 N–H and O–H groups in total. The van der Waals surface area contributed by atoms with E-state index >= 15 is 0 Å². The van der Waals surface area contributed by atoms with E-state index in [2.05, 4.69) is 33.3 Å². The summed E-state index contributed by atoms with van der Waals surface area (Å²) in [5, 5.41) is 7.32. The van der Waals surface area contributed by atoms with Gasteiger partial charge in [0.1, 0.15) is 18.1 Å². The van der Waals surface area contributed by atoms with Crippen molar-refractivity contribution in [3.05, 3.63) is 36.2 Å². The number of hydrogen-bond donors (Lipinski definition) is 1. The number of anilines is 1. The van der Waals surface area contributed by atoms with Crippen molar-refractivity contribution in [2.45, 2.75) is 51.1 Å². The molecule has 3 heterocycles. The number of benzene rings is 1. The average Bonchev–Trinajstić information content (AvgIpc) is 3.19. The number of halogens is 2. The standard InChI is InChI=1S/C21H29F2N5O/c1-15-5-2-7-17(11-15)29-10-4-9-27-8-3-6-16(13-27)18-12-19(20(22)23)28-21(26-18)24-14-25-28/h2,5,7,11,14,16,18-20H,3-4,6,8-10,12-13H2,1H3,(H,24,25,26)/t16?,18-,19+/m0/s1. The molecule has 8 heteroatoms. The van der Waals surface area contributed by atoms with Crippen molar-refractivity contribution in [2.75, 3.05) is 31.6 Å². The van der Waals surface area contributed by atoms with Crippen LogP contribution in [0.5, 0.6) is 5.75 Å². The van der Waals surface area contributed by atoms with Gasteiger partial charge in [-0.1, -0.05) is 12.1 Å². The lowest BCUT2D eigenvalue weighted by Crippen LogP contribution is -2.47. The van der Waals surface area contributed by atoms with Crippen LogP contribution in [0.2, 0.25) is 0 Å². The second-order valence-corrected chi connectivity index (χ2v) is 8.14. The molecule has 1 saturated heterocycles. The largest absolute Gasteiger partial charge is 0.494 e. The maximum Gasteiger partial charge on any atom is 0.260 e. The molecule has 1 unspecified atom stereocenters. The summed E-state index contributed by atoms with van der Waals surface area (Å²) < 4.78 is 34.2. The number of alkyl halides is 2. The van der Waals surface area contributed by atoms with Crippen molar-refractivity contribution in [2.24, 2.45) is 5.92 Å². The van der Waals surface area contributed by atoms with Crippen LogP contribution < -0.4 is 10.1 Å². The monoisotopic (exact) mass is 405 g/mol. The van der Waals surface area contributed by atoms with Crippen LogP contribution in [-0.2, 0) is 0 Å². The van der Waals surface area contributed by atoms with Crippen LogP contribution in [0.25, 0.3) is 0 Å². The Morgan fingerprint density at radius 2 is 2.24 bits per heavy atom. The van der Waals surface area contributed by atoms with Crippen molar-refractivity contribution in [1.29, 1.82) is 0 Å². The maximum absolute atomic E-state index is 13.5. The minimum Gasteiger partial charge on any atom is -0.494 e. The molecule has 0 spiro atoms. The van der Waals surface area contributed by atoms with Crippen LogP contribution in [0.4, 0.5) is 14.7 Å². The van der Waals surface area contributed by atoms with Crippen molar-refractivity contribution >= 4 is 5.95 Å². The number of aryl methyl sites for hydroxylation is 1. The zero-order chi connectivity index (χ0) is 20.2. The quantitative estimate of drug-likeness (QED) is 0.711. The summed E-state index contributed by atoms with van der Waals surface area (Å²) in [4.78, 5) is 6.56. The van der Waals surface area contributed by atoms with Crippen molar-refractivity contribution in [3.63, 3.8) is 0 Å². The zero-order valence-corrected chi connectivity index (χ0v) is 16.8. The van der Waals surface area contributed by atoms with Crippen LogP contribution in [0, 0.1) is 12.8 Å². The van der Waals surface area contributed by atoms with E-state index in [9.17, 15) is 8.78 Å². The number of ether oxygens (including phenoxy) is 1. The van der Waals surface area contributed by atoms with E-state index in [0.29, 0.717) is 24.9 Å². The Hall–Kier alpha value is -2.22. The molecular formula is C21H29F2N5O. The van der Waals surface area contributed by atoms with Gasteiger partial charge in [0.05, 0.1) is 6.61 Å². The first-order chi connectivity index (χ1) is 14.1. The minimum atomic E-state index is -2.43. The van der Waals surface area contributed by atoms with Gasteiger partial charge in [0, 0.05) is 19.1 Å². The van der Waals surface area contributed by atoms with Gasteiger partial charge in [0.2, 0.25) is 5.95 Å². The highest BCUT2D eigenvalue weighted by Gasteiger charge is 2.38. The average molecular weight is 405 g/mol. The Kier molecular flexibility index (Phi) is 6.28. The first-order valence-electron chi connectivity index (χ1n) is 10.5. The Morgan fingerprint density at radius 1 is 1.34 bits per heavy atom. The van der Waals surface area contributed by atoms with Crippen molar-refractivity contribution in [1.82, 2.24) is 19.7 Å². The molecule has 0 aliphatic carbocycles. The lowest BCUT2D eigenvalue weighted by Gasteiger charge is -2.40. The molecule has 6 nitrogen and oxygen atoms in total. The van der Waals surface area contributed by atoms with Gasteiger partial charge in [-0.05, 0) is 62.8 Å². The molecule has 2 aliphatic heterocycles. The summed E-state index contributed by atoms with van der Waals surface area (Å²) in [5.41, 5.74) is 1.19. The number of aromatic nitrogens is 3. The Labute approximate surface area is 170 Å². The van der Waals surface area contributed by atoms with Gasteiger partial charge >= 0.3 is 0 Å². The van der Waals surface area contributed by atoms with E-state index in [4.69, 9.17) is 4.74 Å². The fourth-order valence-electron chi connectivity index (χ4n) is 4.51. The molecule has 2 aromatic rings. The van der Waals surface area contributed by atoms with Gasteiger partial charge in [-0.25, -0.2) is 13.5 Å². The van der Waals surface area contributed by atoms with E-state index in [1.807, 2.05) is 18.2 Å². The molecule has 3 atom stereocenters. The molecule has 158 valence electrons. The third kappa shape index (κ3) is 4.86. The Morgan fingerprint density at radius 3 is 3.07 bits per heavy atom. The van der Waals surface area contributed by atoms with E-state index in [1.165, 1.54) is 16.6 Å². The number of fused-ring (bicyclic) bond motifs is 1. The van der Waals surface area contributed by atoms with E-state index < -0.39 is 12.5 Å². The number of likely N-dealkylation sites (tertiary alicyclic amines) is 1. The van der Waals surface area contributed by atoms with Gasteiger partial charge in [0.15, 0.2) is 0 Å². The predicted octanol–water partition coefficient (Wildman–Crippen LogP) is 3.76. The van der Waals surface area contributed by atoms with Crippen LogP contribution in [-0.4, -0.2) is 58.4 Å². The molecule has 1 fully saturated rings. The molecule has 0 bridgehead atoms. The Bertz CT molecular complexity index is 799. The third-order valence-electron chi connectivity index (χ3n) is 5.98. The van der Waals surface area contributed by atoms with Gasteiger partial charge in [0.25, 0.3) is 6.43 Å². The van der Waals surface area contributed by atoms with Gasteiger partial charge in [-0.2, -0.15) is 10.1 Å². The molecule has 0 radical (unpaired) electrons. The van der Waals surface area contributed by atoms with Gasteiger partial charge in [-0.3, -0.25) is 0 Å². The summed E-state index contributed by atoms with van der Waals surface area (Å²) in [6, 6.07) is 7.21. The summed E-state index contributed by atoms with van der Waals surface area (Å²) >= 11 is 0. The number of nitrogens with zero attached hydrogens (tertiary/aromatic N) is 4. The predicted molar refractivity (Wildman–Crippen MR) is 108 cm³/mol. The summed E-state index contributed by atoms with van der Waals surface area (Å²) in [7, 11) is 0. The smallest absolute Gasteiger partial charge is 0.260 e. The lowest BCUT2D eigenvalue weighted by atomic mass is 9.86. The topological polar surface area (TPSA) is 55.2 Å². The second-order valence-electron chi connectivity index (χ2n) is 8.14. The van der Waals surface area contributed by atoms with Crippen molar-refractivity contribution < 1.29 is 13.5 Å². The second kappa shape index (κ2) is 9.07. The molecule has 0 amide bonds. The number of nitrogens with one attached hydrogen (secondary N) is 1. The molecule has 1 aromatic carbocycles. The third-order valence-corrected chi connectivity index (χ3v) is 5.98. The highest BCUT2D eigenvalue weighted by Crippen LogP contribution is 2.34. The fraction of sp³-hybridized carbons (Fsp3) is 0.619. The molecular weight excluding hydrogens is 376 g/mol. The molecule has 0 saturated carbocycles. The minimum absolute atomic E-state index is 0.0112. The normalized spacial score (nSPS) is 24.9. The van der Waals surface area contributed by atoms with E-state index in [0.717, 1.165) is 44.6 Å². The van der Waals surface area contributed by atoms with E-state index in [1.54, 1.807) is 0 Å². The fourth-order valence-corrected chi connectivity index (χ4v) is 4.51. The van der Waals surface area contributed by atoms with Crippen LogP contribution in [0.1, 0.15) is 37.3 Å². The van der Waals surface area contributed by atoms with Gasteiger partial charge < -0.3 is 15.0 Å². The highest BCUT2D eigenvalue weighted by molar-refractivity contribution is 5.30. The maximum atomic E-state index is 13.5. The van der Waals surface area contributed by atoms with Crippen LogP contribution in [0.15, 0.2) is 30.6 Å². The lowest BCUT2D eigenvalue weighted by molar-refractivity contribution is 0.0552.